The lowest BCUT2D eigenvalue weighted by atomic mass is 9.85. The third kappa shape index (κ3) is 3.75. The largest absolute Gasteiger partial charge is 0.247 e. The molecule has 0 unspecified atom stereocenters. The van der Waals surface area contributed by atoms with Crippen LogP contribution in [0, 0.1) is 10.4 Å². The molecule has 0 aliphatic carbocycles. The molecule has 9 rings (SSSR count). The molecule has 0 atom stereocenters. The number of nitrogens with zero attached hydrogens (tertiary/aromatic N) is 2. The van der Waals surface area contributed by atoms with Crippen LogP contribution >= 0.6 is 0 Å². The van der Waals surface area contributed by atoms with E-state index < -0.39 is 0 Å². The van der Waals surface area contributed by atoms with Gasteiger partial charge in [-0.2, -0.15) is 0 Å². The highest BCUT2D eigenvalue weighted by atomic mass is 14.8. The Morgan fingerprint density at radius 3 is 1.64 bits per heavy atom. The van der Waals surface area contributed by atoms with E-state index in [1.165, 1.54) is 0 Å². The first kappa shape index (κ1) is 22.7. The van der Waals surface area contributed by atoms with Gasteiger partial charge in [-0.15, -0.1) is 0 Å². The van der Waals surface area contributed by atoms with Gasteiger partial charge in [0.2, 0.25) is 0 Å². The van der Waals surface area contributed by atoms with Gasteiger partial charge in [0.15, 0.2) is 0 Å². The predicted molar refractivity (Wildman–Crippen MR) is 179 cm³/mol. The van der Waals surface area contributed by atoms with Crippen LogP contribution in [0.1, 0.15) is 2.74 Å². The monoisotopic (exact) mass is 560 g/mol. The summed E-state index contributed by atoms with van der Waals surface area (Å²) in [5, 5.41) is 3.83. The molecule has 2 heterocycles. The van der Waals surface area contributed by atoms with E-state index in [2.05, 4.69) is 84.9 Å². The van der Waals surface area contributed by atoms with Crippen molar-refractivity contribution in [3.63, 3.8) is 0 Å². The van der Waals surface area contributed by atoms with Gasteiger partial charge in [0.1, 0.15) is 0 Å². The summed E-state index contributed by atoms with van der Waals surface area (Å²) in [6, 6.07) is 49.9. The highest BCUT2D eigenvalue weighted by molar-refractivity contribution is 6.04. The van der Waals surface area contributed by atoms with Crippen LogP contribution in [-0.4, -0.2) is 0 Å². The van der Waals surface area contributed by atoms with Crippen molar-refractivity contribution in [1.29, 1.82) is 0 Å². The Balaban J connectivity index is 1.37. The maximum Gasteiger partial charge on any atom is 0.0817 e. The molecule has 2 aliphatic heterocycles. The number of para-hydroxylation sites is 1. The average Bonchev–Trinajstić information content (AvgIpc) is 3.69. The van der Waals surface area contributed by atoms with Crippen molar-refractivity contribution < 1.29 is 2.74 Å². The fourth-order valence-electron chi connectivity index (χ4n) is 6.69. The van der Waals surface area contributed by atoms with Crippen molar-refractivity contribution in [2.75, 3.05) is 0 Å². The van der Waals surface area contributed by atoms with Gasteiger partial charge in [0.25, 0.3) is 0 Å². The summed E-state index contributed by atoms with van der Waals surface area (Å²) in [7, 11) is 0. The van der Waals surface area contributed by atoms with E-state index in [9.17, 15) is 2.74 Å². The standard InChI is InChI=1S/C42H26N2/c1-3-13-27(14-4-1)29-17-7-8-18-30(29)31-19-9-10-20-32(31)34-23-24-36-40-38(44-42(36)39(34)28-15-5-2-6-16-28)26-25-35-33-21-11-12-22-37(33)43-41(35)40/h1-26H/i23D,24D. The number of hydrogen-bond acceptors (Lipinski definition) is 2. The van der Waals surface area contributed by atoms with E-state index in [4.69, 9.17) is 9.98 Å². The van der Waals surface area contributed by atoms with E-state index in [1.54, 1.807) is 0 Å². The third-order valence-corrected chi connectivity index (χ3v) is 8.66. The maximum absolute atomic E-state index is 9.68. The van der Waals surface area contributed by atoms with Crippen LogP contribution in [0.5, 0.6) is 0 Å². The van der Waals surface area contributed by atoms with E-state index in [1.807, 2.05) is 60.7 Å². The molecule has 0 saturated carbocycles. The molecule has 0 aromatic heterocycles. The lowest BCUT2D eigenvalue weighted by Crippen LogP contribution is -2.00. The SMILES string of the molecule is [2H]c1c([2H])c(-c2ccccc2-c2ccccc2-c2ccccc2)c(-c2ccccc2)c2c1-c1c3c(ccc1=N2)=c1ccccc1=N3. The van der Waals surface area contributed by atoms with Crippen molar-refractivity contribution in [3.05, 3.63) is 179 Å². The van der Waals surface area contributed by atoms with Crippen molar-refractivity contribution in [2.45, 2.75) is 0 Å². The van der Waals surface area contributed by atoms with Crippen LogP contribution in [0.25, 0.3) is 55.6 Å². The molecule has 204 valence electrons. The molecule has 44 heavy (non-hydrogen) atoms. The second-order valence-electron chi connectivity index (χ2n) is 11.1. The van der Waals surface area contributed by atoms with E-state index >= 15 is 0 Å². The molecule has 7 aromatic carbocycles. The Labute approximate surface area is 258 Å². The average molecular weight is 561 g/mol. The topological polar surface area (TPSA) is 24.7 Å². The Hall–Kier alpha value is -5.86. The van der Waals surface area contributed by atoms with Gasteiger partial charge in [-0.3, -0.25) is 0 Å². The van der Waals surface area contributed by atoms with Crippen molar-refractivity contribution >= 4 is 11.4 Å². The molecule has 0 saturated heterocycles. The second-order valence-corrected chi connectivity index (χ2v) is 11.1. The minimum Gasteiger partial charge on any atom is -0.247 e. The maximum atomic E-state index is 9.68. The number of rotatable bonds is 4. The molecule has 2 heteroatoms. The molecule has 0 amide bonds. The van der Waals surface area contributed by atoms with Crippen LogP contribution in [-0.2, 0) is 0 Å². The van der Waals surface area contributed by atoms with Gasteiger partial charge in [0.05, 0.1) is 24.8 Å². The summed E-state index contributed by atoms with van der Waals surface area (Å²) in [4.78, 5) is 10.3. The van der Waals surface area contributed by atoms with Crippen molar-refractivity contribution in [1.82, 2.24) is 0 Å². The molecule has 0 N–H and O–H groups in total. The van der Waals surface area contributed by atoms with Gasteiger partial charge in [-0.25, -0.2) is 9.98 Å². The Morgan fingerprint density at radius 1 is 0.341 bits per heavy atom. The summed E-state index contributed by atoms with van der Waals surface area (Å²) in [6.07, 6.45) is 0. The zero-order valence-electron chi connectivity index (χ0n) is 25.8. The first-order chi connectivity index (χ1) is 22.7. The molecule has 2 nitrogen and oxygen atoms in total. The highest BCUT2D eigenvalue weighted by Crippen LogP contribution is 2.50. The summed E-state index contributed by atoms with van der Waals surface area (Å²) in [5.41, 5.74) is 10.8. The fraction of sp³-hybridized carbons (Fsp3) is 0. The lowest BCUT2D eigenvalue weighted by molar-refractivity contribution is 1.36. The predicted octanol–water partition coefficient (Wildman–Crippen LogP) is 9.84. The quantitative estimate of drug-likeness (QED) is 0.205. The molecule has 7 aromatic rings. The molecule has 0 fully saturated rings. The van der Waals surface area contributed by atoms with E-state index in [0.29, 0.717) is 11.1 Å². The number of hydrogen-bond donors (Lipinski definition) is 0. The van der Waals surface area contributed by atoms with Gasteiger partial charge in [0, 0.05) is 27.1 Å². The van der Waals surface area contributed by atoms with E-state index in [-0.39, 0.29) is 12.1 Å². The van der Waals surface area contributed by atoms with Crippen molar-refractivity contribution in [3.8, 4) is 55.6 Å². The molecular formula is C42H26N2. The first-order valence-corrected chi connectivity index (χ1v) is 14.9. The lowest BCUT2D eigenvalue weighted by Gasteiger charge is -2.19. The van der Waals surface area contributed by atoms with Crippen LogP contribution in [0.15, 0.2) is 168 Å². The van der Waals surface area contributed by atoms with Crippen LogP contribution in [0.4, 0.5) is 11.4 Å². The van der Waals surface area contributed by atoms with Crippen LogP contribution in [0.2, 0.25) is 0 Å². The molecule has 2 aliphatic rings. The fourth-order valence-corrected chi connectivity index (χ4v) is 6.69. The van der Waals surface area contributed by atoms with Gasteiger partial charge < -0.3 is 0 Å². The Morgan fingerprint density at radius 2 is 0.886 bits per heavy atom. The summed E-state index contributed by atoms with van der Waals surface area (Å²) in [5.74, 6) is 0. The minimum atomic E-state index is 0.165. The number of fused-ring (bicyclic) bond motifs is 6. The van der Waals surface area contributed by atoms with Gasteiger partial charge >= 0.3 is 0 Å². The minimum absolute atomic E-state index is 0.165. The van der Waals surface area contributed by atoms with Crippen LogP contribution < -0.4 is 10.7 Å². The highest BCUT2D eigenvalue weighted by Gasteiger charge is 2.26. The van der Waals surface area contributed by atoms with E-state index in [0.717, 1.165) is 77.0 Å². The zero-order chi connectivity index (χ0) is 30.8. The summed E-state index contributed by atoms with van der Waals surface area (Å²) in [6.45, 7) is 0. The Kier molecular flexibility index (Phi) is 5.09. The zero-order valence-corrected chi connectivity index (χ0v) is 23.8. The number of benzene rings is 7. The molecule has 0 radical (unpaired) electrons. The Bertz CT molecular complexity index is 2600. The van der Waals surface area contributed by atoms with Crippen LogP contribution in [0.3, 0.4) is 0 Å². The molecule has 0 spiro atoms. The normalized spacial score (nSPS) is 12.6. The summed E-state index contributed by atoms with van der Waals surface area (Å²) < 4.78 is 19.2. The van der Waals surface area contributed by atoms with Gasteiger partial charge in [-0.1, -0.05) is 139 Å². The smallest absolute Gasteiger partial charge is 0.0817 e. The summed E-state index contributed by atoms with van der Waals surface area (Å²) >= 11 is 0. The third-order valence-electron chi connectivity index (χ3n) is 8.66. The molecular weight excluding hydrogens is 532 g/mol. The molecule has 0 bridgehead atoms. The van der Waals surface area contributed by atoms with Crippen molar-refractivity contribution in [2.24, 2.45) is 9.98 Å². The van der Waals surface area contributed by atoms with Gasteiger partial charge in [-0.05, 0) is 57.1 Å². The second kappa shape index (κ2) is 9.86. The first-order valence-electron chi connectivity index (χ1n) is 15.9.